The zero-order chi connectivity index (χ0) is 20.7. The summed E-state index contributed by atoms with van der Waals surface area (Å²) in [5.74, 6) is -5.30. The van der Waals surface area contributed by atoms with Gasteiger partial charge in [0.05, 0.1) is 6.20 Å². The van der Waals surface area contributed by atoms with Gasteiger partial charge in [0.15, 0.2) is 23.0 Å². The molecule has 3 N–H and O–H groups in total. The summed E-state index contributed by atoms with van der Waals surface area (Å²) in [6.07, 6.45) is 1.11. The molecule has 148 valence electrons. The molecule has 1 unspecified atom stereocenters. The van der Waals surface area contributed by atoms with E-state index >= 15 is 0 Å². The van der Waals surface area contributed by atoms with E-state index in [0.717, 1.165) is 25.3 Å². The van der Waals surface area contributed by atoms with E-state index in [1.807, 2.05) is 0 Å². The van der Waals surface area contributed by atoms with Crippen LogP contribution in [0.15, 0.2) is 29.4 Å². The molecule has 0 aliphatic carbocycles. The first-order valence-electron chi connectivity index (χ1n) is 7.69. The predicted molar refractivity (Wildman–Crippen MR) is 96.3 cm³/mol. The first kappa shape index (κ1) is 20.2. The van der Waals surface area contributed by atoms with Gasteiger partial charge in [-0.05, 0) is 25.1 Å². The first-order chi connectivity index (χ1) is 13.0. The molecule has 1 aliphatic rings. The van der Waals surface area contributed by atoms with Gasteiger partial charge in [-0.1, -0.05) is 23.2 Å². The van der Waals surface area contributed by atoms with E-state index in [4.69, 9.17) is 28.9 Å². The molecule has 28 heavy (non-hydrogen) atoms. The molecule has 1 amide bonds. The molecule has 0 radical (unpaired) electrons. The molecule has 0 saturated carbocycles. The van der Waals surface area contributed by atoms with Gasteiger partial charge < -0.3 is 15.8 Å². The summed E-state index contributed by atoms with van der Waals surface area (Å²) in [7, 11) is 0. The summed E-state index contributed by atoms with van der Waals surface area (Å²) >= 11 is 11.4. The van der Waals surface area contributed by atoms with E-state index in [9.17, 15) is 18.0 Å². The smallest absolute Gasteiger partial charge is 0.310 e. The van der Waals surface area contributed by atoms with Gasteiger partial charge in [0, 0.05) is 11.3 Å². The van der Waals surface area contributed by atoms with E-state index in [1.54, 1.807) is 0 Å². The number of benzene rings is 1. The number of hydrogen-bond acceptors (Lipinski definition) is 6. The van der Waals surface area contributed by atoms with Crippen LogP contribution in [0.5, 0.6) is 0 Å². The molecule has 0 fully saturated rings. The average molecular weight is 434 g/mol. The van der Waals surface area contributed by atoms with Crippen LogP contribution in [0, 0.1) is 5.82 Å². The minimum atomic E-state index is -3.55. The normalized spacial score (nSPS) is 20.9. The molecule has 1 aromatic carbocycles. The van der Waals surface area contributed by atoms with E-state index in [0.29, 0.717) is 0 Å². The fraction of sp³-hybridized carbons (Fsp3) is 0.250. The Morgan fingerprint density at radius 3 is 2.75 bits per heavy atom. The fourth-order valence-electron chi connectivity index (χ4n) is 2.56. The van der Waals surface area contributed by atoms with Crippen LogP contribution in [0.2, 0.25) is 10.3 Å². The Morgan fingerprint density at radius 1 is 1.36 bits per heavy atom. The Kier molecular flexibility index (Phi) is 5.11. The predicted octanol–water partition coefficient (Wildman–Crippen LogP) is 3.37. The fourth-order valence-corrected chi connectivity index (χ4v) is 2.96. The molecule has 1 atom stereocenters. The molecule has 12 heteroatoms. The third-order valence-electron chi connectivity index (χ3n) is 4.11. The van der Waals surface area contributed by atoms with Gasteiger partial charge in [0.25, 0.3) is 11.9 Å². The van der Waals surface area contributed by atoms with E-state index < -0.39 is 41.4 Å². The number of ether oxygens (including phenoxy) is 1. The lowest BCUT2D eigenvalue weighted by atomic mass is 9.85. The van der Waals surface area contributed by atoms with Crippen LogP contribution in [0.4, 0.5) is 18.9 Å². The van der Waals surface area contributed by atoms with Gasteiger partial charge in [-0.25, -0.2) is 19.4 Å². The van der Waals surface area contributed by atoms with Crippen LogP contribution >= 0.6 is 23.2 Å². The van der Waals surface area contributed by atoms with Crippen LogP contribution < -0.4 is 11.1 Å². The highest BCUT2D eigenvalue weighted by molar-refractivity contribution is 6.34. The van der Waals surface area contributed by atoms with Crippen molar-refractivity contribution in [1.29, 1.82) is 0 Å². The lowest BCUT2D eigenvalue weighted by Crippen LogP contribution is -2.51. The van der Waals surface area contributed by atoms with Crippen molar-refractivity contribution >= 4 is 40.8 Å². The summed E-state index contributed by atoms with van der Waals surface area (Å²) in [5.41, 5.74) is 2.35. The second kappa shape index (κ2) is 7.10. The molecule has 1 aromatic heterocycles. The Labute approximate surface area is 166 Å². The summed E-state index contributed by atoms with van der Waals surface area (Å²) in [6, 6.07) is 2.64. The number of carbonyl (C=O) groups excluding carboxylic acids is 1. The van der Waals surface area contributed by atoms with Crippen molar-refractivity contribution < 1.29 is 22.7 Å². The number of halogens is 5. The largest absolute Gasteiger partial charge is 0.459 e. The summed E-state index contributed by atoms with van der Waals surface area (Å²) in [6.45, 7) is -0.0429. The number of nitrogens with one attached hydrogen (secondary N) is 1. The summed E-state index contributed by atoms with van der Waals surface area (Å²) in [4.78, 5) is 23.4. The van der Waals surface area contributed by atoms with Crippen LogP contribution in [0.1, 0.15) is 23.0 Å². The monoisotopic (exact) mass is 433 g/mol. The lowest BCUT2D eigenvalue weighted by Gasteiger charge is -2.37. The van der Waals surface area contributed by atoms with Crippen LogP contribution in [0.3, 0.4) is 0 Å². The lowest BCUT2D eigenvalue weighted by molar-refractivity contribution is -0.117. The SMILES string of the molecule is CC1(c2cc(NC(=O)c3ncc(Cl)nc3Cl)ccc2F)N=C(N)OCC1(F)F. The van der Waals surface area contributed by atoms with Crippen LogP contribution in [0.25, 0.3) is 0 Å². The van der Waals surface area contributed by atoms with Crippen molar-refractivity contribution in [2.24, 2.45) is 10.7 Å². The van der Waals surface area contributed by atoms with Gasteiger partial charge in [-0.15, -0.1) is 0 Å². The molecule has 0 saturated heterocycles. The number of aliphatic imine (C=N–C) groups is 1. The standard InChI is InChI=1S/C16H12Cl2F3N5O2/c1-15(16(20,21)6-28-14(22)26-15)8-4-7(2-3-9(8)19)24-13(27)11-12(18)25-10(17)5-23-11/h2-5H,6H2,1H3,(H2,22,26)(H,24,27). The maximum absolute atomic E-state index is 14.5. The van der Waals surface area contributed by atoms with Gasteiger partial charge in [-0.3, -0.25) is 4.79 Å². The number of amides is 1. The van der Waals surface area contributed by atoms with Crippen molar-refractivity contribution in [3.63, 3.8) is 0 Å². The van der Waals surface area contributed by atoms with Crippen molar-refractivity contribution in [2.45, 2.75) is 18.4 Å². The molecule has 0 spiro atoms. The number of hydrogen-bond donors (Lipinski definition) is 2. The van der Waals surface area contributed by atoms with Gasteiger partial charge >= 0.3 is 5.92 Å². The second-order valence-electron chi connectivity index (χ2n) is 6.00. The highest BCUT2D eigenvalue weighted by atomic mass is 35.5. The number of rotatable bonds is 3. The van der Waals surface area contributed by atoms with Crippen molar-refractivity contribution in [1.82, 2.24) is 9.97 Å². The molecule has 1 aliphatic heterocycles. The first-order valence-corrected chi connectivity index (χ1v) is 8.44. The quantitative estimate of drug-likeness (QED) is 0.772. The molecular weight excluding hydrogens is 422 g/mol. The highest BCUT2D eigenvalue weighted by Gasteiger charge is 2.56. The number of anilines is 1. The third-order valence-corrected chi connectivity index (χ3v) is 4.56. The number of amidine groups is 1. The number of nitrogens with two attached hydrogens (primary N) is 1. The number of alkyl halides is 2. The molecule has 2 aromatic rings. The minimum absolute atomic E-state index is 0.00602. The summed E-state index contributed by atoms with van der Waals surface area (Å²) < 4.78 is 47.9. The number of aromatic nitrogens is 2. The Bertz CT molecular complexity index is 989. The van der Waals surface area contributed by atoms with Gasteiger partial charge in [-0.2, -0.15) is 8.78 Å². The van der Waals surface area contributed by atoms with E-state index in [2.05, 4.69) is 25.0 Å². The molecule has 2 heterocycles. The molecular formula is C16H12Cl2F3N5O2. The second-order valence-corrected chi connectivity index (χ2v) is 6.74. The summed E-state index contributed by atoms with van der Waals surface area (Å²) in [5, 5.41) is 2.11. The van der Waals surface area contributed by atoms with Gasteiger partial charge in [0.1, 0.15) is 11.0 Å². The number of nitrogens with zero attached hydrogens (tertiary/aromatic N) is 3. The van der Waals surface area contributed by atoms with Crippen molar-refractivity contribution in [3.05, 3.63) is 51.8 Å². The molecule has 7 nitrogen and oxygen atoms in total. The Hall–Kier alpha value is -2.59. The maximum Gasteiger partial charge on any atom is 0.310 e. The maximum atomic E-state index is 14.5. The third kappa shape index (κ3) is 3.57. The molecule has 3 rings (SSSR count). The zero-order valence-electron chi connectivity index (χ0n) is 14.1. The van der Waals surface area contributed by atoms with Crippen LogP contribution in [-0.2, 0) is 10.3 Å². The van der Waals surface area contributed by atoms with E-state index in [-0.39, 0.29) is 21.7 Å². The van der Waals surface area contributed by atoms with Crippen molar-refractivity contribution in [3.8, 4) is 0 Å². The van der Waals surface area contributed by atoms with E-state index in [1.165, 1.54) is 6.07 Å². The Balaban J connectivity index is 1.98. The Morgan fingerprint density at radius 2 is 2.07 bits per heavy atom. The topological polar surface area (TPSA) is 102 Å². The minimum Gasteiger partial charge on any atom is -0.459 e. The van der Waals surface area contributed by atoms with Crippen LogP contribution in [-0.4, -0.2) is 34.4 Å². The molecule has 0 bridgehead atoms. The van der Waals surface area contributed by atoms with Gasteiger partial charge in [0.2, 0.25) is 0 Å². The van der Waals surface area contributed by atoms with Crippen molar-refractivity contribution in [2.75, 3.05) is 11.9 Å². The average Bonchev–Trinajstić information content (AvgIpc) is 2.60. The number of carbonyl (C=O) groups is 1. The zero-order valence-corrected chi connectivity index (χ0v) is 15.7. The highest BCUT2D eigenvalue weighted by Crippen LogP contribution is 2.44.